The lowest BCUT2D eigenvalue weighted by molar-refractivity contribution is -0.121. The summed E-state index contributed by atoms with van der Waals surface area (Å²) in [6.45, 7) is 0. The molecule has 0 aromatic heterocycles. The summed E-state index contributed by atoms with van der Waals surface area (Å²) in [7, 11) is 0. The van der Waals surface area contributed by atoms with Crippen molar-refractivity contribution in [1.29, 1.82) is 0 Å². The van der Waals surface area contributed by atoms with E-state index in [0.29, 0.717) is 12.2 Å². The lowest BCUT2D eigenvalue weighted by Crippen LogP contribution is -2.29. The first kappa shape index (κ1) is 9.21. The van der Waals surface area contributed by atoms with E-state index >= 15 is 0 Å². The van der Waals surface area contributed by atoms with Gasteiger partial charge in [-0.15, -0.1) is 0 Å². The number of rotatable bonds is 0. The van der Waals surface area contributed by atoms with Crippen LogP contribution in [0.1, 0.15) is 5.56 Å². The zero-order valence-corrected chi connectivity index (χ0v) is 8.51. The zero-order chi connectivity index (χ0) is 11.1. The molecule has 3 rings (SSSR count). The summed E-state index contributed by atoms with van der Waals surface area (Å²) in [5.74, 6) is 0.623. The average Bonchev–Trinajstić information content (AvgIpc) is 2.32. The quantitative estimate of drug-likeness (QED) is 0.719. The minimum Gasteiger partial charge on any atom is -0.504 e. The number of carbonyl (C=O) groups is 1. The molecule has 1 N–H and O–H groups in total. The molecule has 80 valence electrons. The summed E-state index contributed by atoms with van der Waals surface area (Å²) in [6.07, 6.45) is 3.65. The number of Topliss-reactive ketones (excluding diaryl/α,β-unsaturated/α-hetero) is 1. The lowest BCUT2D eigenvalue weighted by Gasteiger charge is -2.28. The molecule has 0 saturated heterocycles. The number of fused-ring (bicyclic) bond motifs is 2. The molecule has 1 aliphatic carbocycles. The van der Waals surface area contributed by atoms with Crippen molar-refractivity contribution in [3.8, 4) is 5.75 Å². The molecule has 3 heteroatoms. The van der Waals surface area contributed by atoms with Gasteiger partial charge in [-0.05, 0) is 30.2 Å². The predicted molar refractivity (Wildman–Crippen MR) is 58.1 cm³/mol. The van der Waals surface area contributed by atoms with Gasteiger partial charge in [0, 0.05) is 0 Å². The van der Waals surface area contributed by atoms with Gasteiger partial charge >= 0.3 is 0 Å². The lowest BCUT2D eigenvalue weighted by atomic mass is 9.87. The van der Waals surface area contributed by atoms with E-state index < -0.39 is 0 Å². The number of ketones is 1. The number of para-hydroxylation sites is 1. The molecule has 0 saturated carbocycles. The Hall–Kier alpha value is -2.03. The van der Waals surface area contributed by atoms with Crippen LogP contribution in [0.4, 0.5) is 0 Å². The molecule has 1 aromatic rings. The van der Waals surface area contributed by atoms with E-state index in [1.165, 1.54) is 6.08 Å². The van der Waals surface area contributed by atoms with E-state index in [1.54, 1.807) is 6.08 Å². The third kappa shape index (κ3) is 1.25. The monoisotopic (exact) mass is 214 g/mol. The van der Waals surface area contributed by atoms with Gasteiger partial charge in [0.2, 0.25) is 5.78 Å². The van der Waals surface area contributed by atoms with Gasteiger partial charge < -0.3 is 9.84 Å². The number of allylic oxidation sites excluding steroid dienone is 4. The number of aliphatic hydroxyl groups is 1. The Morgan fingerprint density at radius 2 is 2.06 bits per heavy atom. The van der Waals surface area contributed by atoms with Crippen molar-refractivity contribution in [2.75, 3.05) is 0 Å². The van der Waals surface area contributed by atoms with Gasteiger partial charge in [0.1, 0.15) is 11.5 Å². The molecule has 1 aromatic carbocycles. The molecule has 1 unspecified atom stereocenters. The second kappa shape index (κ2) is 3.23. The molecule has 1 aliphatic heterocycles. The molecule has 0 fully saturated rings. The molecule has 0 radical (unpaired) electrons. The first-order valence-corrected chi connectivity index (χ1v) is 5.16. The molecular weight excluding hydrogens is 204 g/mol. The summed E-state index contributed by atoms with van der Waals surface area (Å²) in [5, 5.41) is 9.38. The largest absolute Gasteiger partial charge is 0.504 e. The molecule has 0 amide bonds. The first-order chi connectivity index (χ1) is 7.75. The SMILES string of the molecule is O=C1C(O)=CC=C2Oc3ccccc3CC12. The molecule has 2 aliphatic rings. The maximum Gasteiger partial charge on any atom is 0.208 e. The molecule has 0 bridgehead atoms. The first-order valence-electron chi connectivity index (χ1n) is 5.16. The van der Waals surface area contributed by atoms with Crippen molar-refractivity contribution in [3.63, 3.8) is 0 Å². The van der Waals surface area contributed by atoms with Gasteiger partial charge in [-0.1, -0.05) is 18.2 Å². The van der Waals surface area contributed by atoms with Crippen LogP contribution >= 0.6 is 0 Å². The average molecular weight is 214 g/mol. The number of aliphatic hydroxyl groups excluding tert-OH is 1. The topological polar surface area (TPSA) is 46.5 Å². The number of hydrogen-bond acceptors (Lipinski definition) is 3. The fraction of sp³-hybridized carbons (Fsp3) is 0.154. The van der Waals surface area contributed by atoms with Crippen LogP contribution in [0.25, 0.3) is 0 Å². The Morgan fingerprint density at radius 3 is 2.94 bits per heavy atom. The summed E-state index contributed by atoms with van der Waals surface area (Å²) in [4.78, 5) is 11.7. The number of benzene rings is 1. The maximum atomic E-state index is 11.7. The Balaban J connectivity index is 2.06. The van der Waals surface area contributed by atoms with Gasteiger partial charge in [-0.25, -0.2) is 0 Å². The van der Waals surface area contributed by atoms with E-state index in [0.717, 1.165) is 11.3 Å². The molecule has 1 atom stereocenters. The Bertz CT molecular complexity index is 526. The van der Waals surface area contributed by atoms with Gasteiger partial charge in [-0.3, -0.25) is 4.79 Å². The number of carbonyl (C=O) groups excluding carboxylic acids is 1. The normalized spacial score (nSPS) is 22.5. The highest BCUT2D eigenvalue weighted by Gasteiger charge is 2.34. The van der Waals surface area contributed by atoms with Gasteiger partial charge in [0.15, 0.2) is 5.76 Å². The van der Waals surface area contributed by atoms with Crippen LogP contribution in [0.2, 0.25) is 0 Å². The summed E-state index contributed by atoms with van der Waals surface area (Å²) in [5.41, 5.74) is 1.01. The predicted octanol–water partition coefficient (Wildman–Crippen LogP) is 2.15. The van der Waals surface area contributed by atoms with Crippen LogP contribution in [0, 0.1) is 5.92 Å². The highest BCUT2D eigenvalue weighted by atomic mass is 16.5. The highest BCUT2D eigenvalue weighted by Crippen LogP contribution is 2.35. The van der Waals surface area contributed by atoms with Crippen molar-refractivity contribution < 1.29 is 14.6 Å². The number of hydrogen-bond donors (Lipinski definition) is 1. The van der Waals surface area contributed by atoms with Crippen LogP contribution in [-0.4, -0.2) is 10.9 Å². The minimum absolute atomic E-state index is 0.184. The van der Waals surface area contributed by atoms with Crippen LogP contribution in [0.5, 0.6) is 5.75 Å². The third-order valence-corrected chi connectivity index (χ3v) is 2.94. The standard InChI is InChI=1S/C13H10O3/c14-10-5-6-12-9(13(10)15)7-8-3-1-2-4-11(8)16-12/h1-6,9,14H,7H2. The summed E-state index contributed by atoms with van der Waals surface area (Å²) >= 11 is 0. The third-order valence-electron chi connectivity index (χ3n) is 2.94. The second-order valence-corrected chi connectivity index (χ2v) is 3.95. The smallest absolute Gasteiger partial charge is 0.208 e. The van der Waals surface area contributed by atoms with Gasteiger partial charge in [-0.2, -0.15) is 0 Å². The molecular formula is C13H10O3. The molecule has 1 heterocycles. The van der Waals surface area contributed by atoms with E-state index in [9.17, 15) is 9.90 Å². The Kier molecular flexibility index (Phi) is 1.86. The van der Waals surface area contributed by atoms with Crippen molar-refractivity contribution >= 4 is 5.78 Å². The number of ether oxygens (including phenoxy) is 1. The summed E-state index contributed by atoms with van der Waals surface area (Å²) in [6, 6.07) is 7.64. The van der Waals surface area contributed by atoms with Crippen molar-refractivity contribution in [2.45, 2.75) is 6.42 Å². The van der Waals surface area contributed by atoms with E-state index in [-0.39, 0.29) is 17.5 Å². The van der Waals surface area contributed by atoms with Crippen molar-refractivity contribution in [3.05, 3.63) is 53.5 Å². The van der Waals surface area contributed by atoms with Crippen LogP contribution < -0.4 is 4.74 Å². The Labute approximate surface area is 92.7 Å². The molecule has 16 heavy (non-hydrogen) atoms. The van der Waals surface area contributed by atoms with Crippen LogP contribution in [0.15, 0.2) is 47.9 Å². The molecule has 0 spiro atoms. The Morgan fingerprint density at radius 1 is 1.25 bits per heavy atom. The maximum absolute atomic E-state index is 11.7. The van der Waals surface area contributed by atoms with E-state index in [2.05, 4.69) is 0 Å². The second-order valence-electron chi connectivity index (χ2n) is 3.95. The van der Waals surface area contributed by atoms with Crippen LogP contribution in [0.3, 0.4) is 0 Å². The zero-order valence-electron chi connectivity index (χ0n) is 8.51. The molecule has 3 nitrogen and oxygen atoms in total. The van der Waals surface area contributed by atoms with E-state index in [1.807, 2.05) is 24.3 Å². The van der Waals surface area contributed by atoms with Crippen molar-refractivity contribution in [2.24, 2.45) is 5.92 Å². The van der Waals surface area contributed by atoms with Crippen LogP contribution in [-0.2, 0) is 11.2 Å². The van der Waals surface area contributed by atoms with Crippen molar-refractivity contribution in [1.82, 2.24) is 0 Å². The van der Waals surface area contributed by atoms with E-state index in [4.69, 9.17) is 4.74 Å². The summed E-state index contributed by atoms with van der Waals surface area (Å²) < 4.78 is 5.64. The fourth-order valence-corrected chi connectivity index (χ4v) is 2.08. The minimum atomic E-state index is -0.361. The van der Waals surface area contributed by atoms with Gasteiger partial charge in [0.25, 0.3) is 0 Å². The highest BCUT2D eigenvalue weighted by molar-refractivity contribution is 5.98. The van der Waals surface area contributed by atoms with Gasteiger partial charge in [0.05, 0.1) is 5.92 Å². The fourth-order valence-electron chi connectivity index (χ4n) is 2.08.